The van der Waals surface area contributed by atoms with Crippen molar-refractivity contribution >= 4 is 16.6 Å². The van der Waals surface area contributed by atoms with Gasteiger partial charge in [-0.15, -0.1) is 0 Å². The second-order valence-corrected chi connectivity index (χ2v) is 8.20. The van der Waals surface area contributed by atoms with Crippen LogP contribution in [-0.2, 0) is 0 Å². The lowest BCUT2D eigenvalue weighted by atomic mass is 9.84. The molecular weight excluding hydrogens is 368 g/mol. The SMILES string of the molecule is COc1cc2nn([C@H]3CC[C@](C)(O)CC3)cc2cc1NC(O)c1cccc(C)n1. The van der Waals surface area contributed by atoms with Gasteiger partial charge in [0.15, 0.2) is 6.23 Å². The standard InChI is InChI=1S/C22H28N4O3/c1-14-5-4-6-17(23-14)21(27)24-19-11-15-13-26(25-18(15)12-20(19)29-3)16-7-9-22(2,28)10-8-16/h4-6,11-13,16,21,24,27-28H,7-10H2,1-3H3/t16-,21?,22-. The summed E-state index contributed by atoms with van der Waals surface area (Å²) in [7, 11) is 1.60. The molecule has 0 spiro atoms. The van der Waals surface area contributed by atoms with E-state index in [1.807, 2.05) is 49.0 Å². The van der Waals surface area contributed by atoms with Gasteiger partial charge in [-0.2, -0.15) is 5.10 Å². The number of hydrogen-bond donors (Lipinski definition) is 3. The maximum absolute atomic E-state index is 10.6. The van der Waals surface area contributed by atoms with Gasteiger partial charge in [0, 0.05) is 23.3 Å². The fraction of sp³-hybridized carbons (Fsp3) is 0.455. The maximum Gasteiger partial charge on any atom is 0.168 e. The molecule has 3 aromatic rings. The Morgan fingerprint density at radius 1 is 1.28 bits per heavy atom. The lowest BCUT2D eigenvalue weighted by molar-refractivity contribution is 0.00860. The van der Waals surface area contributed by atoms with Crippen LogP contribution in [0.3, 0.4) is 0 Å². The number of pyridine rings is 1. The summed E-state index contributed by atoms with van der Waals surface area (Å²) in [6.45, 7) is 3.79. The van der Waals surface area contributed by atoms with E-state index in [1.54, 1.807) is 13.2 Å². The molecular formula is C22H28N4O3. The number of aryl methyl sites for hydroxylation is 1. The van der Waals surface area contributed by atoms with E-state index in [9.17, 15) is 10.2 Å². The lowest BCUT2D eigenvalue weighted by Gasteiger charge is -2.33. The van der Waals surface area contributed by atoms with Gasteiger partial charge < -0.3 is 20.3 Å². The summed E-state index contributed by atoms with van der Waals surface area (Å²) in [4.78, 5) is 4.37. The number of benzene rings is 1. The molecule has 1 aromatic carbocycles. The van der Waals surface area contributed by atoms with Crippen LogP contribution in [0.25, 0.3) is 10.9 Å². The van der Waals surface area contributed by atoms with Crippen molar-refractivity contribution in [1.82, 2.24) is 14.8 Å². The molecule has 0 bridgehead atoms. The minimum absolute atomic E-state index is 0.284. The molecule has 7 nitrogen and oxygen atoms in total. The Hall–Kier alpha value is -2.64. The van der Waals surface area contributed by atoms with Crippen molar-refractivity contribution in [3.63, 3.8) is 0 Å². The van der Waals surface area contributed by atoms with Crippen molar-refractivity contribution in [3.8, 4) is 5.75 Å². The fourth-order valence-electron chi connectivity index (χ4n) is 3.97. The number of anilines is 1. The van der Waals surface area contributed by atoms with Crippen molar-refractivity contribution < 1.29 is 14.9 Å². The Bertz CT molecular complexity index is 1000. The molecule has 0 saturated heterocycles. The molecule has 0 amide bonds. The molecule has 1 unspecified atom stereocenters. The number of aliphatic hydroxyl groups is 2. The van der Waals surface area contributed by atoms with Crippen LogP contribution in [0.4, 0.5) is 5.69 Å². The minimum Gasteiger partial charge on any atom is -0.495 e. The topological polar surface area (TPSA) is 92.4 Å². The predicted molar refractivity (Wildman–Crippen MR) is 112 cm³/mol. The van der Waals surface area contributed by atoms with E-state index in [-0.39, 0.29) is 6.04 Å². The number of nitrogens with one attached hydrogen (secondary N) is 1. The molecule has 2 aromatic heterocycles. The number of fused-ring (bicyclic) bond motifs is 1. The smallest absolute Gasteiger partial charge is 0.168 e. The molecule has 2 heterocycles. The van der Waals surface area contributed by atoms with Gasteiger partial charge in [-0.1, -0.05) is 6.07 Å². The second-order valence-electron chi connectivity index (χ2n) is 8.20. The Morgan fingerprint density at radius 2 is 2.03 bits per heavy atom. The molecule has 29 heavy (non-hydrogen) atoms. The number of aliphatic hydroxyl groups excluding tert-OH is 1. The molecule has 4 rings (SSSR count). The second kappa shape index (κ2) is 7.65. The average Bonchev–Trinajstić information content (AvgIpc) is 3.10. The summed E-state index contributed by atoms with van der Waals surface area (Å²) < 4.78 is 7.52. The van der Waals surface area contributed by atoms with E-state index in [0.29, 0.717) is 17.1 Å². The van der Waals surface area contributed by atoms with Crippen LogP contribution in [0, 0.1) is 6.92 Å². The summed E-state index contributed by atoms with van der Waals surface area (Å²) in [6, 6.07) is 9.65. The van der Waals surface area contributed by atoms with Crippen LogP contribution in [-0.4, -0.2) is 37.7 Å². The van der Waals surface area contributed by atoms with Crippen molar-refractivity contribution in [2.75, 3.05) is 12.4 Å². The zero-order valence-corrected chi connectivity index (χ0v) is 17.1. The van der Waals surface area contributed by atoms with Crippen LogP contribution in [0.2, 0.25) is 0 Å². The number of hydrogen-bond acceptors (Lipinski definition) is 6. The highest BCUT2D eigenvalue weighted by molar-refractivity contribution is 5.85. The summed E-state index contributed by atoms with van der Waals surface area (Å²) in [5.74, 6) is 0.612. The van der Waals surface area contributed by atoms with Gasteiger partial charge >= 0.3 is 0 Å². The van der Waals surface area contributed by atoms with Gasteiger partial charge in [0.1, 0.15) is 5.75 Å². The number of nitrogens with zero attached hydrogens (tertiary/aromatic N) is 3. The van der Waals surface area contributed by atoms with Crippen LogP contribution < -0.4 is 10.1 Å². The van der Waals surface area contributed by atoms with E-state index in [1.165, 1.54) is 0 Å². The highest BCUT2D eigenvalue weighted by Crippen LogP contribution is 2.36. The highest BCUT2D eigenvalue weighted by atomic mass is 16.5. The van der Waals surface area contributed by atoms with E-state index in [4.69, 9.17) is 9.84 Å². The van der Waals surface area contributed by atoms with Gasteiger partial charge in [0.25, 0.3) is 0 Å². The monoisotopic (exact) mass is 396 g/mol. The number of aromatic nitrogens is 3. The van der Waals surface area contributed by atoms with Gasteiger partial charge in [-0.3, -0.25) is 9.67 Å². The molecule has 1 fully saturated rings. The summed E-state index contributed by atoms with van der Waals surface area (Å²) in [6.07, 6.45) is 4.44. The van der Waals surface area contributed by atoms with Crippen LogP contribution in [0.15, 0.2) is 36.5 Å². The van der Waals surface area contributed by atoms with Crippen molar-refractivity contribution in [1.29, 1.82) is 0 Å². The molecule has 1 atom stereocenters. The molecule has 1 saturated carbocycles. The Kier molecular flexibility index (Phi) is 5.19. The quantitative estimate of drug-likeness (QED) is 0.569. The largest absolute Gasteiger partial charge is 0.495 e. The number of rotatable bonds is 5. The minimum atomic E-state index is -0.947. The summed E-state index contributed by atoms with van der Waals surface area (Å²) >= 11 is 0. The first-order chi connectivity index (χ1) is 13.8. The third-order valence-corrected chi connectivity index (χ3v) is 5.73. The molecule has 1 aliphatic rings. The highest BCUT2D eigenvalue weighted by Gasteiger charge is 2.30. The van der Waals surface area contributed by atoms with Crippen molar-refractivity contribution in [2.45, 2.75) is 57.4 Å². The van der Waals surface area contributed by atoms with Crippen LogP contribution in [0.5, 0.6) is 5.75 Å². The van der Waals surface area contributed by atoms with Gasteiger partial charge in [0.05, 0.1) is 35.7 Å². The van der Waals surface area contributed by atoms with Crippen LogP contribution in [0.1, 0.15) is 56.3 Å². The molecule has 7 heteroatoms. The average molecular weight is 396 g/mol. The van der Waals surface area contributed by atoms with Gasteiger partial charge in [0.2, 0.25) is 0 Å². The van der Waals surface area contributed by atoms with Crippen molar-refractivity contribution in [2.24, 2.45) is 0 Å². The molecule has 154 valence electrons. The summed E-state index contributed by atoms with van der Waals surface area (Å²) in [5, 5.41) is 29.6. The van der Waals surface area contributed by atoms with E-state index >= 15 is 0 Å². The van der Waals surface area contributed by atoms with Gasteiger partial charge in [-0.25, -0.2) is 0 Å². The van der Waals surface area contributed by atoms with Crippen molar-refractivity contribution in [3.05, 3.63) is 47.9 Å². The molecule has 1 aliphatic carbocycles. The Labute approximate surface area is 170 Å². The van der Waals surface area contributed by atoms with Crippen LogP contribution >= 0.6 is 0 Å². The maximum atomic E-state index is 10.6. The number of methoxy groups -OCH3 is 1. The molecule has 0 aliphatic heterocycles. The third-order valence-electron chi connectivity index (χ3n) is 5.73. The van der Waals surface area contributed by atoms with E-state index in [2.05, 4.69) is 10.3 Å². The fourth-order valence-corrected chi connectivity index (χ4v) is 3.97. The normalized spacial score (nSPS) is 23.1. The first-order valence-electron chi connectivity index (χ1n) is 10.0. The van der Waals surface area contributed by atoms with Gasteiger partial charge in [-0.05, 0) is 57.7 Å². The zero-order chi connectivity index (χ0) is 20.6. The van der Waals surface area contributed by atoms with E-state index < -0.39 is 11.8 Å². The Balaban J connectivity index is 1.60. The zero-order valence-electron chi connectivity index (χ0n) is 17.1. The lowest BCUT2D eigenvalue weighted by Crippen LogP contribution is -2.31. The van der Waals surface area contributed by atoms with E-state index in [0.717, 1.165) is 42.3 Å². The first kappa shape index (κ1) is 19.7. The summed E-state index contributed by atoms with van der Waals surface area (Å²) in [5.41, 5.74) is 2.36. The predicted octanol–water partition coefficient (Wildman–Crippen LogP) is 3.72. The third kappa shape index (κ3) is 4.21. The molecule has 0 radical (unpaired) electrons. The first-order valence-corrected chi connectivity index (χ1v) is 10.0. The Morgan fingerprint density at radius 3 is 2.72 bits per heavy atom. The number of ether oxygens (including phenoxy) is 1. The molecule has 3 N–H and O–H groups in total.